The molecule has 0 saturated carbocycles. The molecule has 1 heterocycles. The molecular formula is C12H13BrN2O2. The summed E-state index contributed by atoms with van der Waals surface area (Å²) in [6, 6.07) is 7.62. The van der Waals surface area contributed by atoms with Crippen molar-refractivity contribution in [3.05, 3.63) is 40.5 Å². The molecular weight excluding hydrogens is 284 g/mol. The summed E-state index contributed by atoms with van der Waals surface area (Å²) < 4.78 is 11.6. The molecule has 0 radical (unpaired) electrons. The van der Waals surface area contributed by atoms with E-state index in [1.54, 1.807) is 0 Å². The number of aromatic nitrogens is 2. The van der Waals surface area contributed by atoms with Gasteiger partial charge in [0.05, 0.1) is 0 Å². The van der Waals surface area contributed by atoms with Crippen LogP contribution in [0.1, 0.15) is 25.1 Å². The summed E-state index contributed by atoms with van der Waals surface area (Å²) >= 11 is 3.37. The second-order valence-electron chi connectivity index (χ2n) is 3.60. The normalized spacial score (nSPS) is 10.5. The third-order valence-corrected chi connectivity index (χ3v) is 2.68. The highest BCUT2D eigenvalue weighted by Crippen LogP contribution is 2.16. The van der Waals surface area contributed by atoms with E-state index in [-0.39, 0.29) is 0 Å². The SMILES string of the molecule is CCCc1nc(COc2ccc(Br)cc2)no1. The largest absolute Gasteiger partial charge is 0.485 e. The van der Waals surface area contributed by atoms with Crippen LogP contribution in [-0.2, 0) is 13.0 Å². The number of nitrogens with zero attached hydrogens (tertiary/aromatic N) is 2. The number of aryl methyl sites for hydroxylation is 1. The number of rotatable bonds is 5. The van der Waals surface area contributed by atoms with Gasteiger partial charge in [-0.05, 0) is 30.7 Å². The van der Waals surface area contributed by atoms with E-state index in [1.165, 1.54) is 0 Å². The smallest absolute Gasteiger partial charge is 0.226 e. The Kier molecular flexibility index (Phi) is 4.14. The zero-order valence-electron chi connectivity index (χ0n) is 9.52. The van der Waals surface area contributed by atoms with Crippen LogP contribution in [0.15, 0.2) is 33.3 Å². The molecule has 5 heteroatoms. The molecule has 0 aliphatic heterocycles. The van der Waals surface area contributed by atoms with E-state index >= 15 is 0 Å². The van der Waals surface area contributed by atoms with E-state index in [2.05, 4.69) is 33.0 Å². The third kappa shape index (κ3) is 3.56. The third-order valence-electron chi connectivity index (χ3n) is 2.16. The first kappa shape index (κ1) is 12.1. The summed E-state index contributed by atoms with van der Waals surface area (Å²) in [4.78, 5) is 4.22. The Balaban J connectivity index is 1.90. The van der Waals surface area contributed by atoms with Gasteiger partial charge in [0, 0.05) is 10.9 Å². The topological polar surface area (TPSA) is 48.2 Å². The minimum atomic E-state index is 0.328. The van der Waals surface area contributed by atoms with E-state index in [0.717, 1.165) is 23.1 Å². The number of ether oxygens (including phenoxy) is 1. The van der Waals surface area contributed by atoms with Gasteiger partial charge >= 0.3 is 0 Å². The van der Waals surface area contributed by atoms with Crippen LogP contribution in [0.2, 0.25) is 0 Å². The summed E-state index contributed by atoms with van der Waals surface area (Å²) in [7, 11) is 0. The molecule has 17 heavy (non-hydrogen) atoms. The first-order chi connectivity index (χ1) is 8.28. The van der Waals surface area contributed by atoms with Crippen LogP contribution < -0.4 is 4.74 Å². The van der Waals surface area contributed by atoms with Crippen molar-refractivity contribution in [2.24, 2.45) is 0 Å². The van der Waals surface area contributed by atoms with Gasteiger partial charge in [-0.2, -0.15) is 4.98 Å². The van der Waals surface area contributed by atoms with E-state index in [4.69, 9.17) is 9.26 Å². The van der Waals surface area contributed by atoms with Crippen LogP contribution in [0.4, 0.5) is 0 Å². The molecule has 90 valence electrons. The Bertz CT molecular complexity index is 468. The summed E-state index contributed by atoms with van der Waals surface area (Å²) in [6.07, 6.45) is 1.81. The molecule has 0 amide bonds. The number of halogens is 1. The van der Waals surface area contributed by atoms with Crippen LogP contribution >= 0.6 is 15.9 Å². The summed E-state index contributed by atoms with van der Waals surface area (Å²) in [6.45, 7) is 2.40. The molecule has 0 aliphatic carbocycles. The van der Waals surface area contributed by atoms with Gasteiger partial charge < -0.3 is 9.26 Å². The Morgan fingerprint density at radius 1 is 1.29 bits per heavy atom. The minimum Gasteiger partial charge on any atom is -0.485 e. The lowest BCUT2D eigenvalue weighted by Gasteiger charge is -2.02. The quantitative estimate of drug-likeness (QED) is 0.849. The van der Waals surface area contributed by atoms with E-state index < -0.39 is 0 Å². The predicted molar refractivity (Wildman–Crippen MR) is 66.8 cm³/mol. The van der Waals surface area contributed by atoms with Gasteiger partial charge in [0.1, 0.15) is 5.75 Å². The van der Waals surface area contributed by atoms with Crippen molar-refractivity contribution in [2.45, 2.75) is 26.4 Å². The van der Waals surface area contributed by atoms with Gasteiger partial charge in [0.15, 0.2) is 6.61 Å². The molecule has 0 spiro atoms. The van der Waals surface area contributed by atoms with Gasteiger partial charge in [0.25, 0.3) is 0 Å². The van der Waals surface area contributed by atoms with Crippen molar-refractivity contribution in [2.75, 3.05) is 0 Å². The molecule has 0 N–H and O–H groups in total. The highest BCUT2D eigenvalue weighted by atomic mass is 79.9. The molecule has 2 aromatic rings. The number of hydrogen-bond acceptors (Lipinski definition) is 4. The fourth-order valence-electron chi connectivity index (χ4n) is 1.34. The lowest BCUT2D eigenvalue weighted by Crippen LogP contribution is -1.97. The van der Waals surface area contributed by atoms with Crippen LogP contribution in [0.5, 0.6) is 5.75 Å². The molecule has 4 nitrogen and oxygen atoms in total. The van der Waals surface area contributed by atoms with Crippen molar-refractivity contribution in [1.29, 1.82) is 0 Å². The summed E-state index contributed by atoms with van der Waals surface area (Å²) in [5.41, 5.74) is 0. The van der Waals surface area contributed by atoms with Gasteiger partial charge in [-0.25, -0.2) is 0 Å². The molecule has 1 aromatic heterocycles. The maximum absolute atomic E-state index is 5.53. The predicted octanol–water partition coefficient (Wildman–Crippen LogP) is 3.36. The average Bonchev–Trinajstić information content (AvgIpc) is 2.77. The lowest BCUT2D eigenvalue weighted by molar-refractivity contribution is 0.285. The lowest BCUT2D eigenvalue weighted by atomic mass is 10.3. The Labute approximate surface area is 108 Å². The van der Waals surface area contributed by atoms with E-state index in [9.17, 15) is 0 Å². The monoisotopic (exact) mass is 296 g/mol. The van der Waals surface area contributed by atoms with Crippen molar-refractivity contribution in [3.63, 3.8) is 0 Å². The molecule has 0 bridgehead atoms. The van der Waals surface area contributed by atoms with Crippen LogP contribution in [-0.4, -0.2) is 10.1 Å². The molecule has 2 rings (SSSR count). The van der Waals surface area contributed by atoms with Crippen LogP contribution in [0.3, 0.4) is 0 Å². The number of hydrogen-bond donors (Lipinski definition) is 0. The van der Waals surface area contributed by atoms with Gasteiger partial charge in [0.2, 0.25) is 11.7 Å². The van der Waals surface area contributed by atoms with Gasteiger partial charge in [-0.15, -0.1) is 0 Å². The second-order valence-corrected chi connectivity index (χ2v) is 4.51. The van der Waals surface area contributed by atoms with Crippen molar-refractivity contribution in [1.82, 2.24) is 10.1 Å². The maximum atomic E-state index is 5.53. The average molecular weight is 297 g/mol. The zero-order chi connectivity index (χ0) is 12.1. The second kappa shape index (κ2) is 5.82. The Morgan fingerprint density at radius 2 is 2.06 bits per heavy atom. The van der Waals surface area contributed by atoms with Crippen LogP contribution in [0.25, 0.3) is 0 Å². The Morgan fingerprint density at radius 3 is 2.76 bits per heavy atom. The molecule has 0 aliphatic rings. The highest BCUT2D eigenvalue weighted by molar-refractivity contribution is 9.10. The molecule has 0 saturated heterocycles. The van der Waals surface area contributed by atoms with Crippen molar-refractivity contribution < 1.29 is 9.26 Å². The van der Waals surface area contributed by atoms with Crippen molar-refractivity contribution >= 4 is 15.9 Å². The summed E-state index contributed by atoms with van der Waals surface area (Å²) in [5.74, 6) is 2.04. The van der Waals surface area contributed by atoms with Gasteiger partial charge in [-0.1, -0.05) is 28.0 Å². The standard InChI is InChI=1S/C12H13BrN2O2/c1-2-3-12-14-11(15-17-12)8-16-10-6-4-9(13)5-7-10/h4-7H,2-3,8H2,1H3. The highest BCUT2D eigenvalue weighted by Gasteiger charge is 2.05. The fourth-order valence-corrected chi connectivity index (χ4v) is 1.61. The van der Waals surface area contributed by atoms with E-state index in [1.807, 2.05) is 24.3 Å². The first-order valence-corrected chi connectivity index (χ1v) is 6.27. The van der Waals surface area contributed by atoms with E-state index in [0.29, 0.717) is 18.3 Å². The molecule has 0 atom stereocenters. The maximum Gasteiger partial charge on any atom is 0.226 e. The van der Waals surface area contributed by atoms with Gasteiger partial charge in [-0.3, -0.25) is 0 Å². The fraction of sp³-hybridized carbons (Fsp3) is 0.333. The van der Waals surface area contributed by atoms with Crippen LogP contribution in [0, 0.1) is 0 Å². The summed E-state index contributed by atoms with van der Waals surface area (Å²) in [5, 5.41) is 3.85. The molecule has 1 aromatic carbocycles. The Hall–Kier alpha value is -1.36. The van der Waals surface area contributed by atoms with Crippen molar-refractivity contribution in [3.8, 4) is 5.75 Å². The molecule has 0 unspecified atom stereocenters. The minimum absolute atomic E-state index is 0.328. The number of benzene rings is 1. The zero-order valence-corrected chi connectivity index (χ0v) is 11.1. The molecule has 0 fully saturated rings. The first-order valence-electron chi connectivity index (χ1n) is 5.47.